The summed E-state index contributed by atoms with van der Waals surface area (Å²) in [4.78, 5) is 8.91. The van der Waals surface area contributed by atoms with E-state index in [4.69, 9.17) is 9.42 Å². The fourth-order valence-electron chi connectivity index (χ4n) is 2.33. The SMILES string of the molecule is O=[P+](O)Oc1cccc2c1C=Cc1ccccc1C2. The van der Waals surface area contributed by atoms with Crippen molar-refractivity contribution in [1.29, 1.82) is 0 Å². The van der Waals surface area contributed by atoms with Crippen LogP contribution >= 0.6 is 8.25 Å². The summed E-state index contributed by atoms with van der Waals surface area (Å²) in [5.41, 5.74) is 4.37. The van der Waals surface area contributed by atoms with Crippen LogP contribution in [-0.2, 0) is 11.0 Å². The lowest BCUT2D eigenvalue weighted by Crippen LogP contribution is -1.94. The first kappa shape index (κ1) is 12.1. The van der Waals surface area contributed by atoms with Crippen molar-refractivity contribution in [2.45, 2.75) is 6.42 Å². The van der Waals surface area contributed by atoms with E-state index in [9.17, 15) is 4.57 Å². The predicted molar refractivity (Wildman–Crippen MR) is 75.1 cm³/mol. The lowest BCUT2D eigenvalue weighted by Gasteiger charge is -2.06. The van der Waals surface area contributed by atoms with E-state index in [2.05, 4.69) is 12.1 Å². The minimum Gasteiger partial charge on any atom is -0.229 e. The third-order valence-corrected chi connectivity index (χ3v) is 3.55. The van der Waals surface area contributed by atoms with Gasteiger partial charge in [0.05, 0.1) is 0 Å². The van der Waals surface area contributed by atoms with Gasteiger partial charge in [0.1, 0.15) is 0 Å². The lowest BCUT2D eigenvalue weighted by molar-refractivity contribution is 0.410. The second-order valence-electron chi connectivity index (χ2n) is 4.37. The van der Waals surface area contributed by atoms with Crippen LogP contribution in [0.5, 0.6) is 5.75 Å². The Labute approximate surface area is 112 Å². The quantitative estimate of drug-likeness (QED) is 0.721. The van der Waals surface area contributed by atoms with Crippen molar-refractivity contribution in [3.63, 3.8) is 0 Å². The van der Waals surface area contributed by atoms with Crippen LogP contribution in [0, 0.1) is 0 Å². The fraction of sp³-hybridized carbons (Fsp3) is 0.0667. The van der Waals surface area contributed by atoms with Crippen molar-refractivity contribution in [3.8, 4) is 5.75 Å². The highest BCUT2D eigenvalue weighted by Gasteiger charge is 2.20. The average molecular weight is 271 g/mol. The van der Waals surface area contributed by atoms with E-state index in [-0.39, 0.29) is 0 Å². The van der Waals surface area contributed by atoms with Gasteiger partial charge >= 0.3 is 8.25 Å². The third-order valence-electron chi connectivity index (χ3n) is 3.20. The summed E-state index contributed by atoms with van der Waals surface area (Å²) in [5, 5.41) is 0. The van der Waals surface area contributed by atoms with E-state index < -0.39 is 8.25 Å². The summed E-state index contributed by atoms with van der Waals surface area (Å²) in [6, 6.07) is 13.7. The summed E-state index contributed by atoms with van der Waals surface area (Å²) in [6.45, 7) is 0. The Hall–Kier alpha value is -1.96. The molecule has 2 aromatic carbocycles. The van der Waals surface area contributed by atoms with Crippen LogP contribution in [0.25, 0.3) is 12.2 Å². The van der Waals surface area contributed by atoms with Crippen molar-refractivity contribution >= 4 is 20.4 Å². The number of fused-ring (bicyclic) bond motifs is 2. The zero-order valence-electron chi connectivity index (χ0n) is 10.1. The van der Waals surface area contributed by atoms with Gasteiger partial charge in [-0.15, -0.1) is 4.89 Å². The smallest absolute Gasteiger partial charge is 0.229 e. The molecule has 0 fully saturated rings. The first-order chi connectivity index (χ1) is 9.24. The van der Waals surface area contributed by atoms with E-state index in [1.807, 2.05) is 36.4 Å². The molecule has 0 aromatic heterocycles. The maximum Gasteiger partial charge on any atom is 0.747 e. The first-order valence-corrected chi connectivity index (χ1v) is 7.09. The van der Waals surface area contributed by atoms with E-state index >= 15 is 0 Å². The van der Waals surface area contributed by atoms with Gasteiger partial charge in [0.25, 0.3) is 0 Å². The molecule has 0 radical (unpaired) electrons. The molecule has 4 heteroatoms. The summed E-state index contributed by atoms with van der Waals surface area (Å²) in [6.07, 6.45) is 4.74. The van der Waals surface area contributed by atoms with Crippen molar-refractivity contribution in [2.75, 3.05) is 0 Å². The highest BCUT2D eigenvalue weighted by molar-refractivity contribution is 7.32. The maximum absolute atomic E-state index is 10.9. The second-order valence-corrected chi connectivity index (χ2v) is 5.03. The van der Waals surface area contributed by atoms with Crippen LogP contribution in [0.1, 0.15) is 22.3 Å². The zero-order valence-corrected chi connectivity index (χ0v) is 11.0. The molecule has 3 nitrogen and oxygen atoms in total. The first-order valence-electron chi connectivity index (χ1n) is 5.96. The Morgan fingerprint density at radius 1 is 1.00 bits per heavy atom. The summed E-state index contributed by atoms with van der Waals surface area (Å²) >= 11 is 0. The summed E-state index contributed by atoms with van der Waals surface area (Å²) in [5.74, 6) is 0.449. The van der Waals surface area contributed by atoms with E-state index in [0.29, 0.717) is 5.75 Å². The molecule has 1 aliphatic rings. The molecular weight excluding hydrogens is 259 g/mol. The molecule has 2 aromatic rings. The molecule has 0 saturated heterocycles. The number of rotatable bonds is 2. The molecule has 0 heterocycles. The van der Waals surface area contributed by atoms with Crippen molar-refractivity contribution in [1.82, 2.24) is 0 Å². The molecule has 19 heavy (non-hydrogen) atoms. The van der Waals surface area contributed by atoms with Gasteiger partial charge in [-0.3, -0.25) is 0 Å². The average Bonchev–Trinajstić information content (AvgIpc) is 2.57. The molecule has 1 atom stereocenters. The Morgan fingerprint density at radius 2 is 1.79 bits per heavy atom. The van der Waals surface area contributed by atoms with Crippen LogP contribution in [-0.4, -0.2) is 4.89 Å². The van der Waals surface area contributed by atoms with Crippen LogP contribution in [0.4, 0.5) is 0 Å². The molecule has 0 saturated carbocycles. The molecule has 3 rings (SSSR count). The molecule has 94 valence electrons. The van der Waals surface area contributed by atoms with Crippen LogP contribution in [0.2, 0.25) is 0 Å². The Balaban J connectivity index is 2.10. The maximum atomic E-state index is 10.9. The minimum atomic E-state index is -2.64. The molecule has 1 aliphatic carbocycles. The fourth-order valence-corrected chi connectivity index (χ4v) is 2.66. The van der Waals surface area contributed by atoms with Crippen LogP contribution in [0.15, 0.2) is 42.5 Å². The second kappa shape index (κ2) is 4.96. The third kappa shape index (κ3) is 2.43. The van der Waals surface area contributed by atoms with Crippen molar-refractivity contribution < 1.29 is 14.0 Å². The molecule has 0 bridgehead atoms. The molecule has 0 spiro atoms. The number of benzene rings is 2. The highest BCUT2D eigenvalue weighted by atomic mass is 31.1. The Kier molecular flexibility index (Phi) is 3.16. The monoisotopic (exact) mass is 271 g/mol. The van der Waals surface area contributed by atoms with Gasteiger partial charge in [0, 0.05) is 10.1 Å². The van der Waals surface area contributed by atoms with Gasteiger partial charge in [-0.25, -0.2) is 4.52 Å². The number of hydrogen-bond donors (Lipinski definition) is 1. The molecule has 1 N–H and O–H groups in total. The van der Waals surface area contributed by atoms with Crippen LogP contribution in [0.3, 0.4) is 0 Å². The van der Waals surface area contributed by atoms with E-state index in [1.165, 1.54) is 5.56 Å². The number of hydrogen-bond acceptors (Lipinski definition) is 2. The van der Waals surface area contributed by atoms with Crippen LogP contribution < -0.4 is 4.52 Å². The highest BCUT2D eigenvalue weighted by Crippen LogP contribution is 2.34. The van der Waals surface area contributed by atoms with Gasteiger partial charge in [0.2, 0.25) is 0 Å². The molecular formula is C15H12O3P+. The molecule has 1 unspecified atom stereocenters. The topological polar surface area (TPSA) is 46.5 Å². The van der Waals surface area contributed by atoms with E-state index in [0.717, 1.165) is 23.1 Å². The zero-order chi connectivity index (χ0) is 13.2. The van der Waals surface area contributed by atoms with Gasteiger partial charge in [-0.2, -0.15) is 0 Å². The van der Waals surface area contributed by atoms with Gasteiger partial charge in [0.15, 0.2) is 5.75 Å². The van der Waals surface area contributed by atoms with Gasteiger partial charge < -0.3 is 0 Å². The Bertz CT molecular complexity index is 677. The Morgan fingerprint density at radius 3 is 2.63 bits per heavy atom. The standard InChI is InChI=1S/C15H11O3P/c16-19(17)18-15-7-3-6-13-10-12-5-2-1-4-11(12)8-9-14(13)15/h1-9H,10H2/p+1. The molecule has 0 aliphatic heterocycles. The van der Waals surface area contributed by atoms with E-state index in [1.54, 1.807) is 6.07 Å². The lowest BCUT2D eigenvalue weighted by atomic mass is 9.99. The van der Waals surface area contributed by atoms with Crippen molar-refractivity contribution in [3.05, 3.63) is 64.7 Å². The minimum absolute atomic E-state index is 0.449. The summed E-state index contributed by atoms with van der Waals surface area (Å²) < 4.78 is 15.8. The van der Waals surface area contributed by atoms with Gasteiger partial charge in [-0.05, 0) is 29.2 Å². The summed E-state index contributed by atoms with van der Waals surface area (Å²) in [7, 11) is -2.64. The van der Waals surface area contributed by atoms with Gasteiger partial charge in [-0.1, -0.05) is 48.6 Å². The largest absolute Gasteiger partial charge is 0.747 e. The normalized spacial score (nSPS) is 13.2. The van der Waals surface area contributed by atoms with Crippen molar-refractivity contribution in [2.24, 2.45) is 0 Å². The predicted octanol–water partition coefficient (Wildman–Crippen LogP) is 3.79. The molecule has 0 amide bonds.